The Morgan fingerprint density at radius 2 is 1.89 bits per heavy atom. The number of hydrogen-bond acceptors (Lipinski definition) is 8. The number of aromatic nitrogens is 3. The summed E-state index contributed by atoms with van der Waals surface area (Å²) < 4.78 is 4.90. The fourth-order valence-electron chi connectivity index (χ4n) is 4.10. The molecule has 1 N–H and O–H groups in total. The Kier molecular flexibility index (Phi) is 4.19. The number of fused-ring (bicyclic) bond motifs is 1. The summed E-state index contributed by atoms with van der Waals surface area (Å²) in [5, 5.41) is 3.14. The number of nitrogens with one attached hydrogen (secondary N) is 1. The molecule has 4 atom stereocenters. The van der Waals surface area contributed by atoms with E-state index < -0.39 is 35.3 Å². The molecule has 0 bridgehead atoms. The van der Waals surface area contributed by atoms with E-state index in [4.69, 9.17) is 4.74 Å². The molecule has 0 saturated carbocycles. The second-order valence-electron chi connectivity index (χ2n) is 7.11. The number of carbonyl (C=O) groups is 3. The molecule has 28 heavy (non-hydrogen) atoms. The van der Waals surface area contributed by atoms with Crippen molar-refractivity contribution < 1.29 is 19.1 Å². The van der Waals surface area contributed by atoms with E-state index in [1.165, 1.54) is 14.2 Å². The van der Waals surface area contributed by atoms with Crippen LogP contribution in [0.25, 0.3) is 11.5 Å². The molecule has 0 unspecified atom stereocenters. The van der Waals surface area contributed by atoms with Gasteiger partial charge in [-0.3, -0.25) is 29.6 Å². The Morgan fingerprint density at radius 3 is 2.50 bits per heavy atom. The van der Waals surface area contributed by atoms with Crippen LogP contribution in [0.1, 0.15) is 18.5 Å². The van der Waals surface area contributed by atoms with Gasteiger partial charge in [-0.2, -0.15) is 0 Å². The van der Waals surface area contributed by atoms with Crippen LogP contribution in [0.5, 0.6) is 0 Å². The van der Waals surface area contributed by atoms with Gasteiger partial charge in [-0.25, -0.2) is 9.97 Å². The predicted molar refractivity (Wildman–Crippen MR) is 96.3 cm³/mol. The molecule has 2 fully saturated rings. The number of imide groups is 1. The summed E-state index contributed by atoms with van der Waals surface area (Å²) >= 11 is 0. The van der Waals surface area contributed by atoms with Gasteiger partial charge in [0, 0.05) is 37.2 Å². The van der Waals surface area contributed by atoms with E-state index in [0.717, 1.165) is 4.90 Å². The largest absolute Gasteiger partial charge is 0.468 e. The van der Waals surface area contributed by atoms with Gasteiger partial charge in [0.15, 0.2) is 5.82 Å². The van der Waals surface area contributed by atoms with Crippen molar-refractivity contribution in [3.05, 3.63) is 42.4 Å². The van der Waals surface area contributed by atoms with Crippen LogP contribution < -0.4 is 5.32 Å². The topological polar surface area (TPSA) is 114 Å². The SMILES string of the molecule is COC(=O)[C@@]1(C)N[C@@H](c2cnc(-c3ccccn3)nc2)[C@H]2C(=O)N(C)C(=O)[C@H]21. The van der Waals surface area contributed by atoms with E-state index in [9.17, 15) is 14.4 Å². The number of likely N-dealkylation sites (tertiary alicyclic amines) is 1. The maximum Gasteiger partial charge on any atom is 0.326 e. The van der Waals surface area contributed by atoms with E-state index in [-0.39, 0.29) is 5.91 Å². The minimum Gasteiger partial charge on any atom is -0.468 e. The van der Waals surface area contributed by atoms with E-state index in [2.05, 4.69) is 20.3 Å². The minimum atomic E-state index is -1.32. The summed E-state index contributed by atoms with van der Waals surface area (Å²) in [6.45, 7) is 1.59. The van der Waals surface area contributed by atoms with E-state index >= 15 is 0 Å². The Bertz CT molecular complexity index is 949. The highest BCUT2D eigenvalue weighted by atomic mass is 16.5. The number of rotatable bonds is 3. The molecule has 2 aliphatic heterocycles. The van der Waals surface area contributed by atoms with Crippen molar-refractivity contribution in [2.75, 3.05) is 14.2 Å². The third-order valence-electron chi connectivity index (χ3n) is 5.54. The molecule has 0 radical (unpaired) electrons. The number of pyridine rings is 1. The quantitative estimate of drug-likeness (QED) is 0.598. The minimum absolute atomic E-state index is 0.339. The zero-order valence-electron chi connectivity index (χ0n) is 15.6. The molecule has 4 heterocycles. The summed E-state index contributed by atoms with van der Waals surface area (Å²) in [5.74, 6) is -2.46. The number of carbonyl (C=O) groups excluding carboxylic acids is 3. The molecule has 144 valence electrons. The van der Waals surface area contributed by atoms with Crippen molar-refractivity contribution in [1.82, 2.24) is 25.2 Å². The van der Waals surface area contributed by atoms with Gasteiger partial charge in [0.1, 0.15) is 11.2 Å². The summed E-state index contributed by atoms with van der Waals surface area (Å²) in [6, 6.07) is 4.84. The molecule has 9 heteroatoms. The molecular weight excluding hydrogens is 362 g/mol. The van der Waals surface area contributed by atoms with E-state index in [0.29, 0.717) is 17.1 Å². The lowest BCUT2D eigenvalue weighted by molar-refractivity contribution is -0.152. The Hall–Kier alpha value is -3.20. The lowest BCUT2D eigenvalue weighted by Gasteiger charge is -2.27. The van der Waals surface area contributed by atoms with Gasteiger partial charge >= 0.3 is 5.97 Å². The average Bonchev–Trinajstić information content (AvgIpc) is 3.17. The van der Waals surface area contributed by atoms with Crippen molar-refractivity contribution >= 4 is 17.8 Å². The first-order valence-electron chi connectivity index (χ1n) is 8.79. The molecule has 9 nitrogen and oxygen atoms in total. The molecule has 0 spiro atoms. The first-order chi connectivity index (χ1) is 13.4. The molecule has 2 aliphatic rings. The van der Waals surface area contributed by atoms with Gasteiger partial charge < -0.3 is 4.74 Å². The number of methoxy groups -OCH3 is 1. The first-order valence-corrected chi connectivity index (χ1v) is 8.79. The molecule has 4 rings (SSSR count). The highest BCUT2D eigenvalue weighted by Gasteiger charge is 2.66. The van der Waals surface area contributed by atoms with Gasteiger partial charge in [-0.15, -0.1) is 0 Å². The van der Waals surface area contributed by atoms with Gasteiger partial charge in [0.25, 0.3) is 0 Å². The third-order valence-corrected chi connectivity index (χ3v) is 5.54. The second kappa shape index (κ2) is 6.45. The van der Waals surface area contributed by atoms with Crippen molar-refractivity contribution in [2.24, 2.45) is 11.8 Å². The maximum atomic E-state index is 12.7. The smallest absolute Gasteiger partial charge is 0.326 e. The van der Waals surface area contributed by atoms with Crippen LogP contribution in [0.15, 0.2) is 36.8 Å². The van der Waals surface area contributed by atoms with Crippen LogP contribution in [-0.2, 0) is 19.1 Å². The van der Waals surface area contributed by atoms with Crippen LogP contribution >= 0.6 is 0 Å². The maximum absolute atomic E-state index is 12.7. The van der Waals surface area contributed by atoms with Crippen LogP contribution in [0.2, 0.25) is 0 Å². The van der Waals surface area contributed by atoms with Gasteiger partial charge in [0.2, 0.25) is 11.8 Å². The average molecular weight is 381 g/mol. The van der Waals surface area contributed by atoms with Crippen LogP contribution in [-0.4, -0.2) is 57.3 Å². The van der Waals surface area contributed by atoms with Crippen molar-refractivity contribution in [3.63, 3.8) is 0 Å². The fourth-order valence-corrected chi connectivity index (χ4v) is 4.10. The van der Waals surface area contributed by atoms with Crippen molar-refractivity contribution in [2.45, 2.75) is 18.5 Å². The highest BCUT2D eigenvalue weighted by Crippen LogP contribution is 2.48. The van der Waals surface area contributed by atoms with Gasteiger partial charge in [0.05, 0.1) is 18.9 Å². The molecule has 0 aliphatic carbocycles. The zero-order chi connectivity index (χ0) is 20.1. The number of hydrogen-bond donors (Lipinski definition) is 1. The van der Waals surface area contributed by atoms with Crippen LogP contribution in [0.4, 0.5) is 0 Å². The Morgan fingerprint density at radius 1 is 1.18 bits per heavy atom. The Labute approximate surface area is 161 Å². The molecular formula is C19H19N5O4. The molecule has 2 aromatic heterocycles. The number of esters is 1. The standard InChI is InChI=1S/C19H19N5O4/c1-19(18(27)28-3)13-12(16(25)24(2)17(13)26)14(23-19)10-8-21-15(22-9-10)11-6-4-5-7-20-11/h4-9,12-14,23H,1-3H3/t12-,13-,14-,19-/m0/s1. The highest BCUT2D eigenvalue weighted by molar-refractivity contribution is 6.09. The number of ether oxygens (including phenoxy) is 1. The Balaban J connectivity index is 1.72. The van der Waals surface area contributed by atoms with E-state index in [1.807, 2.05) is 6.07 Å². The monoisotopic (exact) mass is 381 g/mol. The summed E-state index contributed by atoms with van der Waals surface area (Å²) in [7, 11) is 2.69. The lowest BCUT2D eigenvalue weighted by Crippen LogP contribution is -2.53. The molecule has 2 amide bonds. The lowest BCUT2D eigenvalue weighted by atomic mass is 9.80. The van der Waals surface area contributed by atoms with Crippen LogP contribution in [0, 0.1) is 11.8 Å². The van der Waals surface area contributed by atoms with E-state index in [1.54, 1.807) is 37.6 Å². The molecule has 2 saturated heterocycles. The fraction of sp³-hybridized carbons (Fsp3) is 0.368. The summed E-state index contributed by atoms with van der Waals surface area (Å²) in [5.41, 5.74) is -0.0855. The van der Waals surface area contributed by atoms with Gasteiger partial charge in [-0.1, -0.05) is 6.07 Å². The van der Waals surface area contributed by atoms with Crippen molar-refractivity contribution in [1.29, 1.82) is 0 Å². The van der Waals surface area contributed by atoms with Gasteiger partial charge in [-0.05, 0) is 19.1 Å². The normalized spacial score (nSPS) is 29.1. The first kappa shape index (κ1) is 18.2. The molecule has 2 aromatic rings. The number of amides is 2. The second-order valence-corrected chi connectivity index (χ2v) is 7.11. The number of nitrogens with zero attached hydrogens (tertiary/aromatic N) is 4. The predicted octanol–water partition coefficient (Wildman–Crippen LogP) is 0.346. The summed E-state index contributed by atoms with van der Waals surface area (Å²) in [4.78, 5) is 51.8. The third kappa shape index (κ3) is 2.50. The zero-order valence-corrected chi connectivity index (χ0v) is 15.6. The van der Waals surface area contributed by atoms with Crippen molar-refractivity contribution in [3.8, 4) is 11.5 Å². The molecule has 0 aromatic carbocycles. The summed E-state index contributed by atoms with van der Waals surface area (Å²) in [6.07, 6.45) is 4.83. The van der Waals surface area contributed by atoms with Crippen LogP contribution in [0.3, 0.4) is 0 Å².